The predicted molar refractivity (Wildman–Crippen MR) is 103 cm³/mol. The molecule has 26 heavy (non-hydrogen) atoms. The number of nitrogens with one attached hydrogen (secondary N) is 2. The molecule has 2 amide bonds. The summed E-state index contributed by atoms with van der Waals surface area (Å²) in [6.07, 6.45) is 2.50. The highest BCUT2D eigenvalue weighted by molar-refractivity contribution is 5.87. The van der Waals surface area contributed by atoms with Crippen LogP contribution in [0.1, 0.15) is 33.3 Å². The lowest BCUT2D eigenvalue weighted by Gasteiger charge is -2.30. The lowest BCUT2D eigenvalue weighted by molar-refractivity contribution is -0.130. The van der Waals surface area contributed by atoms with Crippen molar-refractivity contribution in [3.8, 4) is 11.3 Å². The van der Waals surface area contributed by atoms with E-state index in [-0.39, 0.29) is 17.2 Å². The first-order chi connectivity index (χ1) is 12.3. The van der Waals surface area contributed by atoms with Crippen molar-refractivity contribution in [2.24, 2.45) is 5.41 Å². The van der Waals surface area contributed by atoms with Crippen molar-refractivity contribution in [3.63, 3.8) is 0 Å². The Morgan fingerprint density at radius 1 is 1.08 bits per heavy atom. The van der Waals surface area contributed by atoms with Crippen LogP contribution < -0.4 is 10.6 Å². The Balaban J connectivity index is 1.90. The third-order valence-electron chi connectivity index (χ3n) is 4.10. The maximum atomic E-state index is 12.4. The molecule has 0 bridgehead atoms. The van der Waals surface area contributed by atoms with E-state index in [1.807, 2.05) is 63.2 Å². The van der Waals surface area contributed by atoms with Crippen LogP contribution in [0.4, 0.5) is 0 Å². The molecule has 2 N–H and O–H groups in total. The summed E-state index contributed by atoms with van der Waals surface area (Å²) in [5, 5.41) is 5.66. The van der Waals surface area contributed by atoms with Gasteiger partial charge in [-0.25, -0.2) is 0 Å². The lowest BCUT2D eigenvalue weighted by atomic mass is 9.86. The zero-order chi connectivity index (χ0) is 19.2. The van der Waals surface area contributed by atoms with Gasteiger partial charge in [-0.15, -0.1) is 0 Å². The highest BCUT2D eigenvalue weighted by Crippen LogP contribution is 2.20. The number of amides is 2. The number of carbonyl (C=O) groups is 2. The van der Waals surface area contributed by atoms with Crippen LogP contribution in [-0.2, 0) is 16.0 Å². The number of carbonyl (C=O) groups excluding carboxylic acids is 2. The van der Waals surface area contributed by atoms with Crippen molar-refractivity contribution in [2.45, 2.75) is 40.2 Å². The molecular formula is C21H27N3O2. The van der Waals surface area contributed by atoms with Crippen molar-refractivity contribution in [2.75, 3.05) is 6.54 Å². The molecule has 138 valence electrons. The number of hydrogen-bond donors (Lipinski definition) is 2. The van der Waals surface area contributed by atoms with E-state index in [4.69, 9.17) is 0 Å². The summed E-state index contributed by atoms with van der Waals surface area (Å²) < 4.78 is 0. The van der Waals surface area contributed by atoms with Crippen LogP contribution in [0.25, 0.3) is 11.3 Å². The van der Waals surface area contributed by atoms with Crippen molar-refractivity contribution in [1.29, 1.82) is 0 Å². The Kier molecular flexibility index (Phi) is 6.50. The van der Waals surface area contributed by atoms with E-state index in [0.717, 1.165) is 23.2 Å². The highest BCUT2D eigenvalue weighted by Gasteiger charge is 2.31. The monoisotopic (exact) mass is 353 g/mol. The van der Waals surface area contributed by atoms with Gasteiger partial charge in [-0.05, 0) is 29.5 Å². The lowest BCUT2D eigenvalue weighted by Crippen LogP contribution is -2.53. The van der Waals surface area contributed by atoms with E-state index in [0.29, 0.717) is 6.54 Å². The maximum Gasteiger partial charge on any atom is 0.243 e. The minimum absolute atomic E-state index is 0.155. The molecule has 5 heteroatoms. The topological polar surface area (TPSA) is 71.1 Å². The first-order valence-corrected chi connectivity index (χ1v) is 8.82. The van der Waals surface area contributed by atoms with Crippen LogP contribution in [0, 0.1) is 5.41 Å². The van der Waals surface area contributed by atoms with Gasteiger partial charge >= 0.3 is 0 Å². The summed E-state index contributed by atoms with van der Waals surface area (Å²) in [7, 11) is 0. The smallest absolute Gasteiger partial charge is 0.243 e. The largest absolute Gasteiger partial charge is 0.354 e. The van der Waals surface area contributed by atoms with Gasteiger partial charge in [0.25, 0.3) is 0 Å². The standard InChI is InChI=1S/C21H27N3O2/c1-15(25)24-19(21(2,3)4)20(26)23-14-12-16-8-10-17(11-9-16)18-7-5-6-13-22-18/h5-11,13,19H,12,14H2,1-4H3,(H,23,26)(H,24,25). The van der Waals surface area contributed by atoms with Gasteiger partial charge in [0.1, 0.15) is 6.04 Å². The van der Waals surface area contributed by atoms with Crippen LogP contribution >= 0.6 is 0 Å². The average molecular weight is 353 g/mol. The summed E-state index contributed by atoms with van der Waals surface area (Å²) in [6.45, 7) is 7.75. The Morgan fingerprint density at radius 2 is 1.77 bits per heavy atom. The summed E-state index contributed by atoms with van der Waals surface area (Å²) in [4.78, 5) is 28.1. The second-order valence-corrected chi connectivity index (χ2v) is 7.45. The van der Waals surface area contributed by atoms with E-state index >= 15 is 0 Å². The minimum atomic E-state index is -0.550. The molecule has 0 aliphatic carbocycles. The molecule has 1 atom stereocenters. The fourth-order valence-electron chi connectivity index (χ4n) is 2.69. The first-order valence-electron chi connectivity index (χ1n) is 8.82. The van der Waals surface area contributed by atoms with Gasteiger partial charge in [0.05, 0.1) is 5.69 Å². The number of aromatic nitrogens is 1. The van der Waals surface area contributed by atoms with E-state index in [9.17, 15) is 9.59 Å². The molecule has 0 spiro atoms. The SMILES string of the molecule is CC(=O)NC(C(=O)NCCc1ccc(-c2ccccn2)cc1)C(C)(C)C. The summed E-state index contributed by atoms with van der Waals surface area (Å²) >= 11 is 0. The molecule has 1 aromatic carbocycles. The third-order valence-corrected chi connectivity index (χ3v) is 4.10. The molecule has 0 fully saturated rings. The third kappa shape index (κ3) is 5.69. The predicted octanol–water partition coefficient (Wildman–Crippen LogP) is 2.96. The quantitative estimate of drug-likeness (QED) is 0.839. The van der Waals surface area contributed by atoms with Gasteiger partial charge in [0.2, 0.25) is 11.8 Å². The van der Waals surface area contributed by atoms with Crippen molar-refractivity contribution < 1.29 is 9.59 Å². The zero-order valence-electron chi connectivity index (χ0n) is 15.9. The highest BCUT2D eigenvalue weighted by atomic mass is 16.2. The fourth-order valence-corrected chi connectivity index (χ4v) is 2.69. The number of pyridine rings is 1. The van der Waals surface area contributed by atoms with Gasteiger partial charge in [0.15, 0.2) is 0 Å². The molecule has 1 aromatic heterocycles. The summed E-state index contributed by atoms with van der Waals surface area (Å²) in [6, 6.07) is 13.5. The molecule has 0 aliphatic heterocycles. The molecule has 1 heterocycles. The van der Waals surface area contributed by atoms with Gasteiger partial charge in [-0.1, -0.05) is 51.1 Å². The van der Waals surface area contributed by atoms with E-state index in [2.05, 4.69) is 15.6 Å². The van der Waals surface area contributed by atoms with Crippen molar-refractivity contribution in [3.05, 3.63) is 54.2 Å². The second kappa shape index (κ2) is 8.61. The van der Waals surface area contributed by atoms with E-state index in [1.165, 1.54) is 6.92 Å². The van der Waals surface area contributed by atoms with Crippen LogP contribution in [-0.4, -0.2) is 29.4 Å². The molecular weight excluding hydrogens is 326 g/mol. The van der Waals surface area contributed by atoms with E-state index in [1.54, 1.807) is 6.20 Å². The van der Waals surface area contributed by atoms with Crippen LogP contribution in [0.15, 0.2) is 48.7 Å². The van der Waals surface area contributed by atoms with Crippen LogP contribution in [0.5, 0.6) is 0 Å². The van der Waals surface area contributed by atoms with Gasteiger partial charge in [-0.3, -0.25) is 14.6 Å². The van der Waals surface area contributed by atoms with Crippen molar-refractivity contribution in [1.82, 2.24) is 15.6 Å². The molecule has 0 aliphatic rings. The van der Waals surface area contributed by atoms with Crippen LogP contribution in [0.3, 0.4) is 0 Å². The van der Waals surface area contributed by atoms with Crippen LogP contribution in [0.2, 0.25) is 0 Å². The molecule has 1 unspecified atom stereocenters. The molecule has 2 aromatic rings. The van der Waals surface area contributed by atoms with E-state index < -0.39 is 6.04 Å². The number of benzene rings is 1. The summed E-state index contributed by atoms with van der Waals surface area (Å²) in [5.41, 5.74) is 2.80. The zero-order valence-corrected chi connectivity index (χ0v) is 15.9. The van der Waals surface area contributed by atoms with Gasteiger partial charge in [0, 0.05) is 25.2 Å². The minimum Gasteiger partial charge on any atom is -0.354 e. The molecule has 5 nitrogen and oxygen atoms in total. The Labute approximate surface area is 155 Å². The van der Waals surface area contributed by atoms with Gasteiger partial charge < -0.3 is 10.6 Å². The fraction of sp³-hybridized carbons (Fsp3) is 0.381. The first kappa shape index (κ1) is 19.6. The Bertz CT molecular complexity index is 734. The van der Waals surface area contributed by atoms with Crippen molar-refractivity contribution >= 4 is 11.8 Å². The summed E-state index contributed by atoms with van der Waals surface area (Å²) in [5.74, 6) is -0.358. The normalized spacial score (nSPS) is 12.3. The molecule has 0 radical (unpaired) electrons. The Hall–Kier alpha value is -2.69. The number of nitrogens with zero attached hydrogens (tertiary/aromatic N) is 1. The maximum absolute atomic E-state index is 12.4. The number of rotatable bonds is 6. The molecule has 0 saturated heterocycles. The van der Waals surface area contributed by atoms with Gasteiger partial charge in [-0.2, -0.15) is 0 Å². The molecule has 0 saturated carbocycles. The molecule has 2 rings (SSSR count). The number of hydrogen-bond acceptors (Lipinski definition) is 3. The second-order valence-electron chi connectivity index (χ2n) is 7.45. The average Bonchev–Trinajstić information content (AvgIpc) is 2.60. The Morgan fingerprint density at radius 3 is 2.31 bits per heavy atom.